The minimum Gasteiger partial charge on any atom is -0.441 e. The van der Waals surface area contributed by atoms with Crippen LogP contribution in [0.2, 0.25) is 0 Å². The Bertz CT molecular complexity index is 540. The lowest BCUT2D eigenvalue weighted by Gasteiger charge is -2.01. The molecule has 0 bridgehead atoms. The van der Waals surface area contributed by atoms with E-state index < -0.39 is 0 Å². The highest BCUT2D eigenvalue weighted by Gasteiger charge is 2.08. The molecule has 0 aliphatic rings. The van der Waals surface area contributed by atoms with E-state index in [1.165, 1.54) is 12.1 Å². The van der Waals surface area contributed by atoms with Gasteiger partial charge in [-0.05, 0) is 18.2 Å². The SMILES string of the molecule is COCCNCCc1ncc(-c2cc(F)cc(Br)c2)o1. The number of hydrogen-bond acceptors (Lipinski definition) is 4. The van der Waals surface area contributed by atoms with Crippen molar-refractivity contribution in [3.8, 4) is 11.3 Å². The Morgan fingerprint density at radius 1 is 1.35 bits per heavy atom. The molecule has 6 heteroatoms. The molecule has 0 radical (unpaired) electrons. The van der Waals surface area contributed by atoms with Crippen LogP contribution in [-0.4, -0.2) is 31.8 Å². The maximum atomic E-state index is 13.3. The van der Waals surface area contributed by atoms with Gasteiger partial charge in [-0.3, -0.25) is 0 Å². The molecule has 4 nitrogen and oxygen atoms in total. The second-order valence-corrected chi connectivity index (χ2v) is 5.18. The summed E-state index contributed by atoms with van der Waals surface area (Å²) in [4.78, 5) is 4.19. The molecule has 0 spiro atoms. The van der Waals surface area contributed by atoms with Crippen LogP contribution >= 0.6 is 15.9 Å². The van der Waals surface area contributed by atoms with Crippen molar-refractivity contribution in [1.29, 1.82) is 0 Å². The largest absolute Gasteiger partial charge is 0.441 e. The zero-order valence-electron chi connectivity index (χ0n) is 11.2. The first-order valence-corrected chi connectivity index (χ1v) is 7.09. The Balaban J connectivity index is 1.94. The summed E-state index contributed by atoms with van der Waals surface area (Å²) in [7, 11) is 1.67. The van der Waals surface area contributed by atoms with Gasteiger partial charge in [0.1, 0.15) is 5.82 Å². The number of benzene rings is 1. The Morgan fingerprint density at radius 2 is 2.20 bits per heavy atom. The van der Waals surface area contributed by atoms with E-state index in [-0.39, 0.29) is 5.82 Å². The smallest absolute Gasteiger partial charge is 0.196 e. The van der Waals surface area contributed by atoms with E-state index in [1.54, 1.807) is 19.4 Å². The number of oxazole rings is 1. The lowest BCUT2D eigenvalue weighted by molar-refractivity contribution is 0.199. The molecule has 1 aromatic carbocycles. The van der Waals surface area contributed by atoms with Crippen molar-refractivity contribution >= 4 is 15.9 Å². The highest BCUT2D eigenvalue weighted by atomic mass is 79.9. The van der Waals surface area contributed by atoms with Gasteiger partial charge in [0.2, 0.25) is 0 Å². The van der Waals surface area contributed by atoms with Crippen molar-refractivity contribution < 1.29 is 13.5 Å². The molecule has 0 saturated carbocycles. The summed E-state index contributed by atoms with van der Waals surface area (Å²) in [6.07, 6.45) is 2.30. The summed E-state index contributed by atoms with van der Waals surface area (Å²) < 4.78 is 24.6. The van der Waals surface area contributed by atoms with Gasteiger partial charge in [0.25, 0.3) is 0 Å². The molecule has 2 rings (SSSR count). The Hall–Kier alpha value is -1.24. The topological polar surface area (TPSA) is 47.3 Å². The Labute approximate surface area is 125 Å². The van der Waals surface area contributed by atoms with Gasteiger partial charge in [-0.25, -0.2) is 9.37 Å². The van der Waals surface area contributed by atoms with Crippen LogP contribution in [0.4, 0.5) is 4.39 Å². The number of ether oxygens (including phenoxy) is 1. The molecule has 1 aromatic heterocycles. The van der Waals surface area contributed by atoms with Crippen molar-refractivity contribution in [2.45, 2.75) is 6.42 Å². The third-order valence-electron chi connectivity index (χ3n) is 2.70. The first-order chi connectivity index (χ1) is 9.69. The predicted molar refractivity (Wildman–Crippen MR) is 78.0 cm³/mol. The summed E-state index contributed by atoms with van der Waals surface area (Å²) in [6, 6.07) is 4.62. The third-order valence-corrected chi connectivity index (χ3v) is 3.16. The molecule has 0 unspecified atom stereocenters. The maximum absolute atomic E-state index is 13.3. The number of nitrogens with zero attached hydrogens (tertiary/aromatic N) is 1. The van der Waals surface area contributed by atoms with Crippen LogP contribution in [0.3, 0.4) is 0 Å². The van der Waals surface area contributed by atoms with Crippen LogP contribution in [-0.2, 0) is 11.2 Å². The number of halogens is 2. The average molecular weight is 343 g/mol. The number of hydrogen-bond donors (Lipinski definition) is 1. The Kier molecular flexibility index (Phi) is 5.70. The number of methoxy groups -OCH3 is 1. The Morgan fingerprint density at radius 3 is 2.95 bits per heavy atom. The maximum Gasteiger partial charge on any atom is 0.196 e. The van der Waals surface area contributed by atoms with E-state index in [1.807, 2.05) is 0 Å². The summed E-state index contributed by atoms with van der Waals surface area (Å²) >= 11 is 3.26. The zero-order valence-corrected chi connectivity index (χ0v) is 12.7. The van der Waals surface area contributed by atoms with Crippen LogP contribution in [0, 0.1) is 5.82 Å². The van der Waals surface area contributed by atoms with Gasteiger partial charge in [0.15, 0.2) is 11.7 Å². The standard InChI is InChI=1S/C14H16BrFN2O2/c1-19-5-4-17-3-2-14-18-9-13(20-14)10-6-11(15)8-12(16)7-10/h6-9,17H,2-5H2,1H3. The minimum atomic E-state index is -0.312. The lowest BCUT2D eigenvalue weighted by atomic mass is 10.2. The minimum absolute atomic E-state index is 0.312. The molecule has 0 saturated heterocycles. The third kappa shape index (κ3) is 4.40. The van der Waals surface area contributed by atoms with E-state index in [4.69, 9.17) is 9.15 Å². The first kappa shape index (κ1) is 15.2. The van der Waals surface area contributed by atoms with E-state index in [9.17, 15) is 4.39 Å². The van der Waals surface area contributed by atoms with Gasteiger partial charge in [-0.15, -0.1) is 0 Å². The van der Waals surface area contributed by atoms with Crippen LogP contribution in [0.1, 0.15) is 5.89 Å². The second-order valence-electron chi connectivity index (χ2n) is 4.27. The second kappa shape index (κ2) is 7.52. The summed E-state index contributed by atoms with van der Waals surface area (Å²) in [5.41, 5.74) is 0.669. The molecule has 20 heavy (non-hydrogen) atoms. The van der Waals surface area contributed by atoms with Gasteiger partial charge >= 0.3 is 0 Å². The van der Waals surface area contributed by atoms with Gasteiger partial charge in [-0.2, -0.15) is 0 Å². The summed E-state index contributed by atoms with van der Waals surface area (Å²) in [5, 5.41) is 3.21. The van der Waals surface area contributed by atoms with E-state index in [0.29, 0.717) is 34.7 Å². The highest BCUT2D eigenvalue weighted by Crippen LogP contribution is 2.25. The van der Waals surface area contributed by atoms with Crippen molar-refractivity contribution in [3.05, 3.63) is 40.6 Å². The highest BCUT2D eigenvalue weighted by molar-refractivity contribution is 9.10. The molecule has 2 aromatic rings. The van der Waals surface area contributed by atoms with Crippen molar-refractivity contribution in [2.24, 2.45) is 0 Å². The van der Waals surface area contributed by atoms with Crippen LogP contribution < -0.4 is 5.32 Å². The number of nitrogens with one attached hydrogen (secondary N) is 1. The van der Waals surface area contributed by atoms with E-state index >= 15 is 0 Å². The quantitative estimate of drug-likeness (QED) is 0.785. The van der Waals surface area contributed by atoms with Crippen molar-refractivity contribution in [2.75, 3.05) is 26.8 Å². The summed E-state index contributed by atoms with van der Waals surface area (Å²) in [6.45, 7) is 2.23. The summed E-state index contributed by atoms with van der Waals surface area (Å²) in [5.74, 6) is 0.885. The van der Waals surface area contributed by atoms with Crippen LogP contribution in [0.25, 0.3) is 11.3 Å². The predicted octanol–water partition coefficient (Wildman–Crippen LogP) is 3.02. The van der Waals surface area contributed by atoms with E-state index in [2.05, 4.69) is 26.2 Å². The van der Waals surface area contributed by atoms with Crippen LogP contribution in [0.5, 0.6) is 0 Å². The van der Waals surface area contributed by atoms with Crippen molar-refractivity contribution in [1.82, 2.24) is 10.3 Å². The lowest BCUT2D eigenvalue weighted by Crippen LogP contribution is -2.21. The number of aromatic nitrogens is 1. The van der Waals surface area contributed by atoms with Crippen molar-refractivity contribution in [3.63, 3.8) is 0 Å². The average Bonchev–Trinajstić information content (AvgIpc) is 2.86. The monoisotopic (exact) mass is 342 g/mol. The van der Waals surface area contributed by atoms with Gasteiger partial charge in [-0.1, -0.05) is 15.9 Å². The van der Waals surface area contributed by atoms with Crippen LogP contribution in [0.15, 0.2) is 33.3 Å². The normalized spacial score (nSPS) is 10.9. The fraction of sp³-hybridized carbons (Fsp3) is 0.357. The fourth-order valence-corrected chi connectivity index (χ4v) is 2.22. The molecule has 0 fully saturated rings. The van der Waals surface area contributed by atoms with Gasteiger partial charge in [0.05, 0.1) is 12.8 Å². The molecule has 0 aliphatic heterocycles. The molecule has 1 N–H and O–H groups in total. The molecule has 1 heterocycles. The van der Waals surface area contributed by atoms with E-state index in [0.717, 1.165) is 13.1 Å². The van der Waals surface area contributed by atoms with Gasteiger partial charge < -0.3 is 14.5 Å². The molecule has 108 valence electrons. The first-order valence-electron chi connectivity index (χ1n) is 6.30. The zero-order chi connectivity index (χ0) is 14.4. The molecular weight excluding hydrogens is 327 g/mol. The number of rotatable bonds is 7. The molecule has 0 amide bonds. The van der Waals surface area contributed by atoms with Gasteiger partial charge in [0, 0.05) is 36.7 Å². The molecule has 0 aliphatic carbocycles. The fourth-order valence-electron chi connectivity index (χ4n) is 1.75. The molecular formula is C14H16BrFN2O2. The molecule has 0 atom stereocenters.